The Labute approximate surface area is 150 Å². The third-order valence-corrected chi connectivity index (χ3v) is 5.11. The van der Waals surface area contributed by atoms with Crippen LogP contribution in [0, 0.1) is 0 Å². The number of halogens is 1. The lowest BCUT2D eigenvalue weighted by Crippen LogP contribution is -2.28. The molecule has 2 aromatic carbocycles. The fourth-order valence-corrected chi connectivity index (χ4v) is 3.69. The van der Waals surface area contributed by atoms with Gasteiger partial charge >= 0.3 is 0 Å². The Bertz CT molecular complexity index is 828. The molecule has 0 saturated heterocycles. The molecule has 3 rings (SSSR count). The molecule has 0 saturated carbocycles. The molecule has 0 fully saturated rings. The zero-order chi connectivity index (χ0) is 17.2. The van der Waals surface area contributed by atoms with E-state index in [9.17, 15) is 5.11 Å². The molecule has 1 heterocycles. The minimum absolute atomic E-state index is 0.406. The lowest BCUT2D eigenvalue weighted by atomic mass is 9.93. The molecular weight excluding hydrogens is 366 g/mol. The van der Waals surface area contributed by atoms with Crippen LogP contribution in [0.15, 0.2) is 65.4 Å². The van der Waals surface area contributed by atoms with Crippen molar-refractivity contribution in [2.24, 2.45) is 5.73 Å². The first-order valence-corrected chi connectivity index (χ1v) is 8.59. The highest BCUT2D eigenvalue weighted by atomic mass is 79.9. The minimum Gasteiger partial charge on any atom is -0.377 e. The van der Waals surface area contributed by atoms with Gasteiger partial charge in [-0.1, -0.05) is 64.5 Å². The van der Waals surface area contributed by atoms with Gasteiger partial charge in [0.1, 0.15) is 11.4 Å². The van der Waals surface area contributed by atoms with E-state index < -0.39 is 5.60 Å². The summed E-state index contributed by atoms with van der Waals surface area (Å²) in [5.41, 5.74) is 7.41. The zero-order valence-corrected chi connectivity index (χ0v) is 15.1. The van der Waals surface area contributed by atoms with Crippen molar-refractivity contribution in [2.45, 2.75) is 25.6 Å². The number of nitrogens with two attached hydrogens (primary N) is 1. The van der Waals surface area contributed by atoms with Gasteiger partial charge in [0, 0.05) is 35.5 Å². The molecule has 0 amide bonds. The molecule has 0 bridgehead atoms. The highest BCUT2D eigenvalue weighted by molar-refractivity contribution is 9.10. The molecule has 5 heteroatoms. The molecule has 0 aliphatic rings. The largest absolute Gasteiger partial charge is 0.377 e. The first kappa shape index (κ1) is 16.9. The smallest absolute Gasteiger partial charge is 0.145 e. The van der Waals surface area contributed by atoms with E-state index in [1.54, 1.807) is 13.1 Å². The Morgan fingerprint density at radius 1 is 1.17 bits per heavy atom. The first-order chi connectivity index (χ1) is 11.5. The van der Waals surface area contributed by atoms with Crippen LogP contribution in [0.2, 0.25) is 0 Å². The van der Waals surface area contributed by atoms with Gasteiger partial charge in [-0.05, 0) is 18.1 Å². The standard InChI is InChI=1S/C19H20BrN3O/c1-19(24,16-9-5-8-15(12-21)17(16)20)18-22-10-11-23(18)13-14-6-3-2-4-7-14/h2-11,24H,12-13,21H2,1H3. The highest BCUT2D eigenvalue weighted by Crippen LogP contribution is 2.35. The van der Waals surface area contributed by atoms with Gasteiger partial charge < -0.3 is 15.4 Å². The van der Waals surface area contributed by atoms with Crippen molar-refractivity contribution in [3.63, 3.8) is 0 Å². The van der Waals surface area contributed by atoms with Crippen LogP contribution in [0.25, 0.3) is 0 Å². The summed E-state index contributed by atoms with van der Waals surface area (Å²) in [6.45, 7) is 2.82. The van der Waals surface area contributed by atoms with E-state index in [2.05, 4.69) is 33.0 Å². The average molecular weight is 386 g/mol. The van der Waals surface area contributed by atoms with Gasteiger partial charge in [-0.3, -0.25) is 0 Å². The molecule has 4 nitrogen and oxygen atoms in total. The van der Waals surface area contributed by atoms with Crippen molar-refractivity contribution in [3.8, 4) is 0 Å². The van der Waals surface area contributed by atoms with Crippen LogP contribution < -0.4 is 5.73 Å². The molecule has 124 valence electrons. The quantitative estimate of drug-likeness (QED) is 0.707. The van der Waals surface area contributed by atoms with Crippen LogP contribution in [0.1, 0.15) is 29.4 Å². The van der Waals surface area contributed by atoms with Crippen molar-refractivity contribution in [2.75, 3.05) is 0 Å². The van der Waals surface area contributed by atoms with Crippen molar-refractivity contribution in [1.29, 1.82) is 0 Å². The number of rotatable bonds is 5. The second kappa shape index (κ2) is 6.89. The zero-order valence-electron chi connectivity index (χ0n) is 13.5. The van der Waals surface area contributed by atoms with Gasteiger partial charge in [-0.15, -0.1) is 0 Å². The van der Waals surface area contributed by atoms with E-state index in [1.807, 2.05) is 47.2 Å². The number of aromatic nitrogens is 2. The average Bonchev–Trinajstić information content (AvgIpc) is 3.05. The van der Waals surface area contributed by atoms with E-state index in [0.29, 0.717) is 18.9 Å². The first-order valence-electron chi connectivity index (χ1n) is 7.80. The van der Waals surface area contributed by atoms with Crippen molar-refractivity contribution >= 4 is 15.9 Å². The van der Waals surface area contributed by atoms with Crippen LogP contribution in [-0.4, -0.2) is 14.7 Å². The van der Waals surface area contributed by atoms with Crippen LogP contribution in [-0.2, 0) is 18.7 Å². The molecule has 1 aromatic heterocycles. The van der Waals surface area contributed by atoms with Gasteiger partial charge in [0.2, 0.25) is 0 Å². The maximum absolute atomic E-state index is 11.3. The summed E-state index contributed by atoms with van der Waals surface area (Å²) >= 11 is 3.58. The molecule has 1 atom stereocenters. The van der Waals surface area contributed by atoms with E-state index in [1.165, 1.54) is 0 Å². The molecule has 0 radical (unpaired) electrons. The van der Waals surface area contributed by atoms with E-state index in [4.69, 9.17) is 5.73 Å². The van der Waals surface area contributed by atoms with Crippen LogP contribution >= 0.6 is 15.9 Å². The molecule has 24 heavy (non-hydrogen) atoms. The Kier molecular flexibility index (Phi) is 4.85. The number of hydrogen-bond acceptors (Lipinski definition) is 3. The molecule has 1 unspecified atom stereocenters. The molecule has 0 aliphatic carbocycles. The Balaban J connectivity index is 2.01. The number of benzene rings is 2. The van der Waals surface area contributed by atoms with Gasteiger partial charge in [-0.2, -0.15) is 0 Å². The summed E-state index contributed by atoms with van der Waals surface area (Å²) < 4.78 is 2.79. The lowest BCUT2D eigenvalue weighted by molar-refractivity contribution is 0.0876. The topological polar surface area (TPSA) is 64.1 Å². The van der Waals surface area contributed by atoms with Crippen LogP contribution in [0.3, 0.4) is 0 Å². The summed E-state index contributed by atoms with van der Waals surface area (Å²) in [5.74, 6) is 0.598. The highest BCUT2D eigenvalue weighted by Gasteiger charge is 2.32. The summed E-state index contributed by atoms with van der Waals surface area (Å²) in [5, 5.41) is 11.3. The van der Waals surface area contributed by atoms with Gasteiger partial charge in [0.25, 0.3) is 0 Å². The molecule has 0 aliphatic heterocycles. The molecular formula is C19H20BrN3O. The van der Waals surface area contributed by atoms with Crippen LogP contribution in [0.4, 0.5) is 0 Å². The van der Waals surface area contributed by atoms with Gasteiger partial charge in [0.05, 0.1) is 0 Å². The number of hydrogen-bond donors (Lipinski definition) is 2. The van der Waals surface area contributed by atoms with E-state index in [0.717, 1.165) is 21.2 Å². The van der Waals surface area contributed by atoms with E-state index >= 15 is 0 Å². The maximum atomic E-state index is 11.3. The Hall–Kier alpha value is -1.95. The van der Waals surface area contributed by atoms with Gasteiger partial charge in [-0.25, -0.2) is 4.98 Å². The third-order valence-electron chi connectivity index (χ3n) is 4.17. The number of imidazole rings is 1. The maximum Gasteiger partial charge on any atom is 0.145 e. The minimum atomic E-state index is -1.23. The van der Waals surface area contributed by atoms with Gasteiger partial charge in [0.15, 0.2) is 0 Å². The lowest BCUT2D eigenvalue weighted by Gasteiger charge is -2.26. The van der Waals surface area contributed by atoms with Crippen molar-refractivity contribution in [3.05, 3.63) is 87.9 Å². The number of aliphatic hydroxyl groups is 1. The molecule has 3 aromatic rings. The molecule has 0 spiro atoms. The SMILES string of the molecule is CC(O)(c1cccc(CN)c1Br)c1nccn1Cc1ccccc1. The fraction of sp³-hybridized carbons (Fsp3) is 0.211. The normalized spacial score (nSPS) is 13.7. The predicted octanol–water partition coefficient (Wildman–Crippen LogP) is 3.41. The number of nitrogens with zero attached hydrogens (tertiary/aromatic N) is 2. The molecule has 3 N–H and O–H groups in total. The van der Waals surface area contributed by atoms with Crippen molar-refractivity contribution in [1.82, 2.24) is 9.55 Å². The summed E-state index contributed by atoms with van der Waals surface area (Å²) in [6, 6.07) is 15.9. The second-order valence-corrected chi connectivity index (χ2v) is 6.71. The van der Waals surface area contributed by atoms with Crippen molar-refractivity contribution < 1.29 is 5.11 Å². The fourth-order valence-electron chi connectivity index (χ4n) is 2.88. The van der Waals surface area contributed by atoms with E-state index in [-0.39, 0.29) is 0 Å². The summed E-state index contributed by atoms with van der Waals surface area (Å²) in [7, 11) is 0. The third kappa shape index (κ3) is 3.15. The summed E-state index contributed by atoms with van der Waals surface area (Å²) in [4.78, 5) is 4.42. The Morgan fingerprint density at radius 3 is 2.62 bits per heavy atom. The predicted molar refractivity (Wildman–Crippen MR) is 98.5 cm³/mol. The Morgan fingerprint density at radius 2 is 1.92 bits per heavy atom. The monoisotopic (exact) mass is 385 g/mol. The van der Waals surface area contributed by atoms with Crippen LogP contribution in [0.5, 0.6) is 0 Å². The summed E-state index contributed by atoms with van der Waals surface area (Å²) in [6.07, 6.45) is 3.60. The second-order valence-electron chi connectivity index (χ2n) is 5.92.